The molecule has 0 aliphatic carbocycles. The molecule has 0 amide bonds. The lowest BCUT2D eigenvalue weighted by atomic mass is 10.1. The normalized spacial score (nSPS) is 10.3. The molecule has 0 aliphatic rings. The SMILES string of the molecule is COc1ccc(-c2c(O)nc(Nc3ccccc3)[nH]c2=O)cc1. The zero-order valence-electron chi connectivity index (χ0n) is 12.4. The van der Waals surface area contributed by atoms with Gasteiger partial charge < -0.3 is 15.2 Å². The smallest absolute Gasteiger partial charge is 0.264 e. The summed E-state index contributed by atoms with van der Waals surface area (Å²) in [5.74, 6) is 0.508. The molecule has 0 aliphatic heterocycles. The molecule has 2 aromatic carbocycles. The lowest BCUT2D eigenvalue weighted by molar-refractivity contribution is 0.415. The topological polar surface area (TPSA) is 87.2 Å². The highest BCUT2D eigenvalue weighted by atomic mass is 16.5. The number of nitrogens with one attached hydrogen (secondary N) is 2. The standard InChI is InChI=1S/C17H15N3O3/c1-23-13-9-7-11(8-10-13)14-15(21)19-17(20-16(14)22)18-12-5-3-2-4-6-12/h2-10H,1H3,(H3,18,19,20,21,22). The third-order valence-corrected chi connectivity index (χ3v) is 3.32. The summed E-state index contributed by atoms with van der Waals surface area (Å²) in [6.07, 6.45) is 0. The van der Waals surface area contributed by atoms with Gasteiger partial charge in [-0.25, -0.2) is 0 Å². The van der Waals surface area contributed by atoms with E-state index in [2.05, 4.69) is 15.3 Å². The van der Waals surface area contributed by atoms with Gasteiger partial charge in [-0.15, -0.1) is 0 Å². The van der Waals surface area contributed by atoms with Gasteiger partial charge in [0.1, 0.15) is 11.3 Å². The van der Waals surface area contributed by atoms with E-state index in [1.807, 2.05) is 30.3 Å². The molecular formula is C17H15N3O3. The number of hydrogen-bond donors (Lipinski definition) is 3. The van der Waals surface area contributed by atoms with Crippen molar-refractivity contribution in [3.05, 3.63) is 65.0 Å². The van der Waals surface area contributed by atoms with E-state index in [0.29, 0.717) is 11.3 Å². The van der Waals surface area contributed by atoms with Crippen molar-refractivity contribution in [2.75, 3.05) is 12.4 Å². The van der Waals surface area contributed by atoms with E-state index < -0.39 is 5.56 Å². The summed E-state index contributed by atoms with van der Waals surface area (Å²) in [6.45, 7) is 0. The summed E-state index contributed by atoms with van der Waals surface area (Å²) in [5.41, 5.74) is 1.00. The second-order valence-electron chi connectivity index (χ2n) is 4.83. The number of aromatic amines is 1. The van der Waals surface area contributed by atoms with E-state index in [0.717, 1.165) is 5.69 Å². The zero-order chi connectivity index (χ0) is 16.2. The number of aromatic hydroxyl groups is 1. The average Bonchev–Trinajstić information content (AvgIpc) is 2.56. The van der Waals surface area contributed by atoms with Gasteiger partial charge in [0.2, 0.25) is 11.8 Å². The van der Waals surface area contributed by atoms with Crippen LogP contribution in [0, 0.1) is 0 Å². The molecule has 1 heterocycles. The van der Waals surface area contributed by atoms with Crippen LogP contribution in [0.4, 0.5) is 11.6 Å². The molecule has 116 valence electrons. The molecule has 6 nitrogen and oxygen atoms in total. The highest BCUT2D eigenvalue weighted by molar-refractivity contribution is 5.69. The number of para-hydroxylation sites is 1. The number of ether oxygens (including phenoxy) is 1. The number of aromatic nitrogens is 2. The number of nitrogens with zero attached hydrogens (tertiary/aromatic N) is 1. The van der Waals surface area contributed by atoms with Crippen LogP contribution in [0.15, 0.2) is 59.4 Å². The van der Waals surface area contributed by atoms with Crippen LogP contribution in [0.2, 0.25) is 0 Å². The Morgan fingerprint density at radius 1 is 1.09 bits per heavy atom. The maximum atomic E-state index is 12.3. The second-order valence-corrected chi connectivity index (χ2v) is 4.83. The number of benzene rings is 2. The summed E-state index contributed by atoms with van der Waals surface area (Å²) >= 11 is 0. The van der Waals surface area contributed by atoms with E-state index in [4.69, 9.17) is 4.74 Å². The van der Waals surface area contributed by atoms with Crippen molar-refractivity contribution in [3.63, 3.8) is 0 Å². The van der Waals surface area contributed by atoms with Crippen LogP contribution >= 0.6 is 0 Å². The second kappa shape index (κ2) is 6.23. The van der Waals surface area contributed by atoms with Gasteiger partial charge in [0, 0.05) is 5.69 Å². The quantitative estimate of drug-likeness (QED) is 0.690. The minimum atomic E-state index is -0.430. The summed E-state index contributed by atoms with van der Waals surface area (Å²) in [4.78, 5) is 18.9. The van der Waals surface area contributed by atoms with Gasteiger partial charge in [-0.05, 0) is 29.8 Å². The van der Waals surface area contributed by atoms with E-state index >= 15 is 0 Å². The number of H-pyrrole nitrogens is 1. The predicted molar refractivity (Wildman–Crippen MR) is 88.2 cm³/mol. The maximum Gasteiger partial charge on any atom is 0.264 e. The zero-order valence-corrected chi connectivity index (χ0v) is 12.4. The Labute approximate surface area is 132 Å². The van der Waals surface area contributed by atoms with Crippen LogP contribution in [0.5, 0.6) is 11.6 Å². The molecule has 0 saturated heterocycles. The third kappa shape index (κ3) is 3.16. The van der Waals surface area contributed by atoms with Gasteiger partial charge in [-0.1, -0.05) is 30.3 Å². The van der Waals surface area contributed by atoms with Crippen molar-refractivity contribution in [1.29, 1.82) is 0 Å². The summed E-state index contributed by atoms with van der Waals surface area (Å²) < 4.78 is 5.08. The number of rotatable bonds is 4. The first-order chi connectivity index (χ1) is 11.2. The molecule has 0 unspecified atom stereocenters. The molecule has 0 spiro atoms. The molecule has 3 aromatic rings. The first-order valence-corrected chi connectivity index (χ1v) is 6.97. The van der Waals surface area contributed by atoms with Gasteiger partial charge in [-0.3, -0.25) is 9.78 Å². The van der Waals surface area contributed by atoms with Crippen molar-refractivity contribution in [3.8, 4) is 22.8 Å². The fourth-order valence-corrected chi connectivity index (χ4v) is 2.20. The van der Waals surface area contributed by atoms with E-state index in [1.54, 1.807) is 31.4 Å². The van der Waals surface area contributed by atoms with Gasteiger partial charge >= 0.3 is 0 Å². The van der Waals surface area contributed by atoms with Crippen molar-refractivity contribution in [1.82, 2.24) is 9.97 Å². The Balaban J connectivity index is 1.95. The van der Waals surface area contributed by atoms with Crippen LogP contribution in [0.25, 0.3) is 11.1 Å². The Bertz CT molecular complexity index is 859. The molecule has 0 bridgehead atoms. The van der Waals surface area contributed by atoms with E-state index in [9.17, 15) is 9.90 Å². The Kier molecular flexibility index (Phi) is 3.97. The molecule has 0 radical (unpaired) electrons. The molecule has 3 rings (SSSR count). The highest BCUT2D eigenvalue weighted by Gasteiger charge is 2.13. The van der Waals surface area contributed by atoms with Crippen molar-refractivity contribution in [2.45, 2.75) is 0 Å². The van der Waals surface area contributed by atoms with Crippen LogP contribution in [0.3, 0.4) is 0 Å². The molecule has 1 aromatic heterocycles. The molecule has 0 fully saturated rings. The first-order valence-electron chi connectivity index (χ1n) is 6.97. The lowest BCUT2D eigenvalue weighted by Gasteiger charge is -2.08. The van der Waals surface area contributed by atoms with Gasteiger partial charge in [0.05, 0.1) is 7.11 Å². The molecule has 6 heteroatoms. The minimum absolute atomic E-state index is 0.117. The fraction of sp³-hybridized carbons (Fsp3) is 0.0588. The van der Waals surface area contributed by atoms with E-state index in [1.165, 1.54) is 0 Å². The van der Waals surface area contributed by atoms with Crippen LogP contribution in [-0.4, -0.2) is 22.2 Å². The Hall–Kier alpha value is -3.28. The fourth-order valence-electron chi connectivity index (χ4n) is 2.20. The van der Waals surface area contributed by atoms with Crippen molar-refractivity contribution < 1.29 is 9.84 Å². The monoisotopic (exact) mass is 309 g/mol. The van der Waals surface area contributed by atoms with Crippen LogP contribution < -0.4 is 15.6 Å². The molecular weight excluding hydrogens is 294 g/mol. The third-order valence-electron chi connectivity index (χ3n) is 3.32. The summed E-state index contributed by atoms with van der Waals surface area (Å²) in [5, 5.41) is 13.1. The number of anilines is 2. The summed E-state index contributed by atoms with van der Waals surface area (Å²) in [6, 6.07) is 16.0. The molecule has 0 saturated carbocycles. The van der Waals surface area contributed by atoms with Crippen LogP contribution in [-0.2, 0) is 0 Å². The number of hydrogen-bond acceptors (Lipinski definition) is 5. The number of methoxy groups -OCH3 is 1. The molecule has 23 heavy (non-hydrogen) atoms. The maximum absolute atomic E-state index is 12.3. The highest BCUT2D eigenvalue weighted by Crippen LogP contribution is 2.26. The largest absolute Gasteiger partial charge is 0.497 e. The van der Waals surface area contributed by atoms with Crippen molar-refractivity contribution in [2.24, 2.45) is 0 Å². The Morgan fingerprint density at radius 2 is 1.78 bits per heavy atom. The molecule has 3 N–H and O–H groups in total. The average molecular weight is 309 g/mol. The van der Waals surface area contributed by atoms with Gasteiger partial charge in [0.15, 0.2) is 0 Å². The van der Waals surface area contributed by atoms with Gasteiger partial charge in [0.25, 0.3) is 5.56 Å². The van der Waals surface area contributed by atoms with Crippen LogP contribution in [0.1, 0.15) is 0 Å². The first kappa shape index (κ1) is 14.6. The van der Waals surface area contributed by atoms with E-state index in [-0.39, 0.29) is 17.4 Å². The van der Waals surface area contributed by atoms with Gasteiger partial charge in [-0.2, -0.15) is 4.98 Å². The van der Waals surface area contributed by atoms with Crippen molar-refractivity contribution >= 4 is 11.6 Å². The molecule has 0 atom stereocenters. The predicted octanol–water partition coefficient (Wildman–Crippen LogP) is 2.89. The minimum Gasteiger partial charge on any atom is -0.497 e. The lowest BCUT2D eigenvalue weighted by Crippen LogP contribution is -2.13. The summed E-state index contributed by atoms with van der Waals surface area (Å²) in [7, 11) is 1.56. The Morgan fingerprint density at radius 3 is 2.39 bits per heavy atom.